The summed E-state index contributed by atoms with van der Waals surface area (Å²) < 4.78 is 16.1. The number of alkyl halides is 1. The number of halogens is 1. The van der Waals surface area contributed by atoms with Crippen LogP contribution in [0.25, 0.3) is 11.1 Å². The SMILES string of the molecule is COc1cc(-c2cccc(N=C(N)CCl)c2)cc(OC)c1OC. The summed E-state index contributed by atoms with van der Waals surface area (Å²) in [5, 5.41) is 0. The van der Waals surface area contributed by atoms with Crippen molar-refractivity contribution in [2.75, 3.05) is 27.2 Å². The van der Waals surface area contributed by atoms with Gasteiger partial charge in [-0.15, -0.1) is 11.6 Å². The van der Waals surface area contributed by atoms with E-state index in [9.17, 15) is 0 Å². The Balaban J connectivity index is 2.52. The first kappa shape index (κ1) is 17.0. The van der Waals surface area contributed by atoms with Crippen molar-refractivity contribution in [3.8, 4) is 28.4 Å². The van der Waals surface area contributed by atoms with Crippen molar-refractivity contribution >= 4 is 23.1 Å². The van der Waals surface area contributed by atoms with E-state index in [1.54, 1.807) is 21.3 Å². The minimum absolute atomic E-state index is 0.189. The van der Waals surface area contributed by atoms with E-state index in [0.717, 1.165) is 16.8 Å². The van der Waals surface area contributed by atoms with E-state index in [0.29, 0.717) is 23.1 Å². The summed E-state index contributed by atoms with van der Waals surface area (Å²) >= 11 is 5.67. The van der Waals surface area contributed by atoms with Gasteiger partial charge in [-0.3, -0.25) is 0 Å². The number of hydrogen-bond acceptors (Lipinski definition) is 4. The second-order valence-corrected chi connectivity index (χ2v) is 4.97. The lowest BCUT2D eigenvalue weighted by molar-refractivity contribution is 0.324. The Morgan fingerprint density at radius 1 is 1.00 bits per heavy atom. The van der Waals surface area contributed by atoms with Gasteiger partial charge in [0.05, 0.1) is 32.9 Å². The highest BCUT2D eigenvalue weighted by molar-refractivity contribution is 6.28. The summed E-state index contributed by atoms with van der Waals surface area (Å²) in [6, 6.07) is 11.4. The van der Waals surface area contributed by atoms with Crippen molar-refractivity contribution in [2.24, 2.45) is 10.7 Å². The first-order valence-corrected chi connectivity index (χ1v) is 7.45. The second-order valence-electron chi connectivity index (χ2n) is 4.70. The van der Waals surface area contributed by atoms with Crippen molar-refractivity contribution in [3.63, 3.8) is 0 Å². The number of rotatable bonds is 6. The van der Waals surface area contributed by atoms with Crippen LogP contribution in [0.1, 0.15) is 0 Å². The topological polar surface area (TPSA) is 66.1 Å². The predicted molar refractivity (Wildman–Crippen MR) is 93.5 cm³/mol. The van der Waals surface area contributed by atoms with E-state index < -0.39 is 0 Å². The molecule has 0 bridgehead atoms. The molecule has 0 heterocycles. The number of nitrogens with two attached hydrogens (primary N) is 1. The summed E-state index contributed by atoms with van der Waals surface area (Å²) in [7, 11) is 4.75. The molecule has 23 heavy (non-hydrogen) atoms. The number of ether oxygens (including phenoxy) is 3. The summed E-state index contributed by atoms with van der Waals surface area (Å²) in [5.74, 6) is 2.30. The van der Waals surface area contributed by atoms with Gasteiger partial charge in [-0.2, -0.15) is 0 Å². The average Bonchev–Trinajstić information content (AvgIpc) is 2.60. The molecule has 5 nitrogen and oxygen atoms in total. The van der Waals surface area contributed by atoms with E-state index in [1.165, 1.54) is 0 Å². The van der Waals surface area contributed by atoms with Gasteiger partial charge in [0.2, 0.25) is 5.75 Å². The predicted octanol–water partition coefficient (Wildman–Crippen LogP) is 3.61. The molecular weight excluding hydrogens is 316 g/mol. The average molecular weight is 335 g/mol. The standard InChI is InChI=1S/C17H19ClN2O3/c1-21-14-8-12(9-15(22-2)17(14)23-3)11-5-4-6-13(7-11)20-16(19)10-18/h4-9H,10H2,1-3H3,(H2,19,20). The number of amidine groups is 1. The van der Waals surface area contributed by atoms with Gasteiger partial charge in [0.1, 0.15) is 5.84 Å². The third-order valence-corrected chi connectivity index (χ3v) is 3.53. The van der Waals surface area contributed by atoms with Crippen molar-refractivity contribution in [3.05, 3.63) is 36.4 Å². The third-order valence-electron chi connectivity index (χ3n) is 3.25. The first-order valence-electron chi connectivity index (χ1n) is 6.92. The van der Waals surface area contributed by atoms with Gasteiger partial charge in [0.15, 0.2) is 11.5 Å². The lowest BCUT2D eigenvalue weighted by atomic mass is 10.0. The molecule has 0 radical (unpaired) electrons. The van der Waals surface area contributed by atoms with E-state index >= 15 is 0 Å². The number of hydrogen-bond donors (Lipinski definition) is 1. The molecule has 2 aromatic rings. The van der Waals surface area contributed by atoms with Crippen molar-refractivity contribution in [1.29, 1.82) is 0 Å². The number of methoxy groups -OCH3 is 3. The van der Waals surface area contributed by atoms with Crippen LogP contribution in [-0.2, 0) is 0 Å². The summed E-state index contributed by atoms with van der Waals surface area (Å²) in [4.78, 5) is 4.26. The van der Waals surface area contributed by atoms with Crippen LogP contribution in [0.2, 0.25) is 0 Å². The molecule has 0 saturated carbocycles. The largest absolute Gasteiger partial charge is 0.493 e. The fraction of sp³-hybridized carbons (Fsp3) is 0.235. The van der Waals surface area contributed by atoms with E-state index in [4.69, 9.17) is 31.5 Å². The van der Waals surface area contributed by atoms with Gasteiger partial charge >= 0.3 is 0 Å². The maximum Gasteiger partial charge on any atom is 0.203 e. The third kappa shape index (κ3) is 3.87. The van der Waals surface area contributed by atoms with Crippen LogP contribution < -0.4 is 19.9 Å². The Hall–Kier alpha value is -2.40. The molecule has 2 rings (SSSR count). The Bertz CT molecular complexity index is 692. The zero-order chi connectivity index (χ0) is 16.8. The molecule has 6 heteroatoms. The summed E-state index contributed by atoms with van der Waals surface area (Å²) in [5.41, 5.74) is 8.28. The molecule has 0 saturated heterocycles. The fourth-order valence-electron chi connectivity index (χ4n) is 2.20. The van der Waals surface area contributed by atoms with Crippen LogP contribution in [-0.4, -0.2) is 33.0 Å². The van der Waals surface area contributed by atoms with E-state index in [2.05, 4.69) is 4.99 Å². The minimum atomic E-state index is 0.189. The van der Waals surface area contributed by atoms with Crippen LogP contribution in [0.4, 0.5) is 5.69 Å². The quantitative estimate of drug-likeness (QED) is 0.498. The smallest absolute Gasteiger partial charge is 0.203 e. The van der Waals surface area contributed by atoms with Crippen LogP contribution >= 0.6 is 11.6 Å². The minimum Gasteiger partial charge on any atom is -0.493 e. The Kier molecular flexibility index (Phi) is 5.71. The van der Waals surface area contributed by atoms with Crippen LogP contribution in [0.15, 0.2) is 41.4 Å². The molecule has 0 aliphatic carbocycles. The van der Waals surface area contributed by atoms with Crippen LogP contribution in [0.3, 0.4) is 0 Å². The monoisotopic (exact) mass is 334 g/mol. The molecule has 0 aliphatic rings. The Morgan fingerprint density at radius 3 is 2.17 bits per heavy atom. The van der Waals surface area contributed by atoms with Gasteiger partial charge in [0.25, 0.3) is 0 Å². The maximum absolute atomic E-state index is 5.68. The molecule has 0 spiro atoms. The maximum atomic E-state index is 5.68. The van der Waals surface area contributed by atoms with Crippen molar-refractivity contribution < 1.29 is 14.2 Å². The van der Waals surface area contributed by atoms with Gasteiger partial charge < -0.3 is 19.9 Å². The van der Waals surface area contributed by atoms with Crippen LogP contribution in [0.5, 0.6) is 17.2 Å². The molecule has 122 valence electrons. The molecule has 0 fully saturated rings. The summed E-state index contributed by atoms with van der Waals surface area (Å²) in [6.07, 6.45) is 0. The number of nitrogens with zero attached hydrogens (tertiary/aromatic N) is 1. The first-order chi connectivity index (χ1) is 11.1. The van der Waals surface area contributed by atoms with Gasteiger partial charge in [-0.25, -0.2) is 4.99 Å². The normalized spacial score (nSPS) is 11.2. The lowest BCUT2D eigenvalue weighted by Gasteiger charge is -2.14. The second kappa shape index (κ2) is 7.74. The molecule has 0 aromatic heterocycles. The van der Waals surface area contributed by atoms with E-state index in [1.807, 2.05) is 36.4 Å². The molecular formula is C17H19ClN2O3. The van der Waals surface area contributed by atoms with Crippen LogP contribution in [0, 0.1) is 0 Å². The van der Waals surface area contributed by atoms with Gasteiger partial charge in [-0.05, 0) is 35.4 Å². The molecule has 0 amide bonds. The van der Waals surface area contributed by atoms with Gasteiger partial charge in [0, 0.05) is 0 Å². The Morgan fingerprint density at radius 2 is 1.65 bits per heavy atom. The molecule has 2 N–H and O–H groups in total. The van der Waals surface area contributed by atoms with Gasteiger partial charge in [-0.1, -0.05) is 12.1 Å². The van der Waals surface area contributed by atoms with Crippen molar-refractivity contribution in [1.82, 2.24) is 0 Å². The van der Waals surface area contributed by atoms with Crippen molar-refractivity contribution in [2.45, 2.75) is 0 Å². The summed E-state index contributed by atoms with van der Waals surface area (Å²) in [6.45, 7) is 0. The number of benzene rings is 2. The Labute approximate surface area is 140 Å². The molecule has 0 unspecified atom stereocenters. The molecule has 2 aromatic carbocycles. The highest BCUT2D eigenvalue weighted by Gasteiger charge is 2.14. The highest BCUT2D eigenvalue weighted by Crippen LogP contribution is 2.41. The zero-order valence-electron chi connectivity index (χ0n) is 13.3. The number of aliphatic imine (C=N–C) groups is 1. The van der Waals surface area contributed by atoms with E-state index in [-0.39, 0.29) is 5.88 Å². The molecule has 0 aliphatic heterocycles. The molecule has 0 atom stereocenters. The zero-order valence-corrected chi connectivity index (χ0v) is 14.1. The lowest BCUT2D eigenvalue weighted by Crippen LogP contribution is -2.12. The fourth-order valence-corrected chi connectivity index (χ4v) is 2.26. The highest BCUT2D eigenvalue weighted by atomic mass is 35.5.